The van der Waals surface area contributed by atoms with Crippen molar-refractivity contribution < 1.29 is 9.59 Å². The number of likely N-dealkylation sites (tertiary alicyclic amines) is 1. The number of carbonyl (C=O) groups excluding carboxylic acids is 2. The molecule has 0 unspecified atom stereocenters. The molecular formula is C18H28N4O2. The van der Waals surface area contributed by atoms with Gasteiger partial charge in [0.05, 0.1) is 18.8 Å². The number of hydrogen-bond acceptors (Lipinski definition) is 3. The molecule has 3 rings (SSSR count). The number of rotatable bonds is 5. The molecule has 0 aromatic carbocycles. The number of aromatic nitrogens is 2. The average molecular weight is 332 g/mol. The molecular weight excluding hydrogens is 304 g/mol. The quantitative estimate of drug-likeness (QED) is 0.895. The van der Waals surface area contributed by atoms with E-state index in [1.54, 1.807) is 0 Å². The molecule has 1 saturated carbocycles. The second kappa shape index (κ2) is 7.36. The smallest absolute Gasteiger partial charge is 0.245 e. The largest absolute Gasteiger partial charge is 0.344 e. The Balaban J connectivity index is 1.71. The molecule has 1 saturated heterocycles. The zero-order valence-electron chi connectivity index (χ0n) is 14.7. The van der Waals surface area contributed by atoms with Crippen LogP contribution in [-0.4, -0.2) is 45.1 Å². The van der Waals surface area contributed by atoms with Crippen molar-refractivity contribution in [3.05, 3.63) is 18.0 Å². The molecule has 2 heterocycles. The van der Waals surface area contributed by atoms with Crippen LogP contribution >= 0.6 is 0 Å². The van der Waals surface area contributed by atoms with Gasteiger partial charge in [0.2, 0.25) is 11.8 Å². The van der Waals surface area contributed by atoms with Crippen molar-refractivity contribution in [1.82, 2.24) is 20.0 Å². The molecule has 2 fully saturated rings. The molecule has 0 spiro atoms. The third kappa shape index (κ3) is 3.79. The maximum Gasteiger partial charge on any atom is 0.245 e. The number of aryl methyl sites for hydroxylation is 1. The van der Waals surface area contributed by atoms with E-state index < -0.39 is 0 Å². The summed E-state index contributed by atoms with van der Waals surface area (Å²) in [6.45, 7) is 5.04. The Labute approximate surface area is 143 Å². The molecule has 1 aliphatic heterocycles. The summed E-state index contributed by atoms with van der Waals surface area (Å²) >= 11 is 0. The molecule has 132 valence electrons. The van der Waals surface area contributed by atoms with Crippen LogP contribution in [0.5, 0.6) is 0 Å². The zero-order chi connectivity index (χ0) is 17.1. The van der Waals surface area contributed by atoms with Crippen molar-refractivity contribution in [3.63, 3.8) is 0 Å². The summed E-state index contributed by atoms with van der Waals surface area (Å²) in [4.78, 5) is 26.7. The first kappa shape index (κ1) is 17.0. The lowest BCUT2D eigenvalue weighted by Gasteiger charge is -2.31. The fourth-order valence-corrected chi connectivity index (χ4v) is 4.17. The average Bonchev–Trinajstić information content (AvgIpc) is 3.26. The van der Waals surface area contributed by atoms with Gasteiger partial charge in [-0.25, -0.2) is 0 Å². The van der Waals surface area contributed by atoms with Crippen LogP contribution in [0.15, 0.2) is 12.4 Å². The molecule has 2 aliphatic rings. The van der Waals surface area contributed by atoms with Gasteiger partial charge >= 0.3 is 0 Å². The highest BCUT2D eigenvalue weighted by molar-refractivity contribution is 5.87. The first-order chi connectivity index (χ1) is 11.5. The van der Waals surface area contributed by atoms with Crippen LogP contribution in [-0.2, 0) is 16.1 Å². The number of amides is 2. The summed E-state index contributed by atoms with van der Waals surface area (Å²) in [5.41, 5.74) is 1.13. The van der Waals surface area contributed by atoms with Crippen LogP contribution < -0.4 is 5.32 Å². The van der Waals surface area contributed by atoms with E-state index >= 15 is 0 Å². The van der Waals surface area contributed by atoms with E-state index in [-0.39, 0.29) is 29.8 Å². The van der Waals surface area contributed by atoms with Gasteiger partial charge in [-0.15, -0.1) is 0 Å². The highest BCUT2D eigenvalue weighted by Gasteiger charge is 2.38. The molecule has 2 atom stereocenters. The molecule has 24 heavy (non-hydrogen) atoms. The summed E-state index contributed by atoms with van der Waals surface area (Å²) in [5, 5.41) is 7.29. The van der Waals surface area contributed by atoms with E-state index in [1.165, 1.54) is 6.92 Å². The Kier molecular flexibility index (Phi) is 5.21. The molecule has 2 amide bonds. The molecule has 1 N–H and O–H groups in total. The van der Waals surface area contributed by atoms with Crippen molar-refractivity contribution >= 4 is 11.8 Å². The Morgan fingerprint density at radius 3 is 2.67 bits per heavy atom. The maximum atomic E-state index is 13.2. The molecule has 1 aliphatic carbocycles. The topological polar surface area (TPSA) is 67.2 Å². The van der Waals surface area contributed by atoms with Gasteiger partial charge in [0, 0.05) is 19.7 Å². The fourth-order valence-electron chi connectivity index (χ4n) is 4.17. The SMILES string of the molecule is CC(=O)N[C@H](C(=O)N1CCC[C@@H]1Cn1cc(C)cn1)C1CCCC1. The third-order valence-electron chi connectivity index (χ3n) is 5.32. The van der Waals surface area contributed by atoms with Gasteiger partial charge in [-0.1, -0.05) is 12.8 Å². The summed E-state index contributed by atoms with van der Waals surface area (Å²) in [6.07, 6.45) is 10.3. The van der Waals surface area contributed by atoms with E-state index in [4.69, 9.17) is 0 Å². The molecule has 6 nitrogen and oxygen atoms in total. The first-order valence-electron chi connectivity index (χ1n) is 9.11. The van der Waals surface area contributed by atoms with E-state index in [1.807, 2.05) is 28.9 Å². The molecule has 1 aromatic heterocycles. The number of nitrogens with one attached hydrogen (secondary N) is 1. The molecule has 6 heteroatoms. The molecule has 0 radical (unpaired) electrons. The highest BCUT2D eigenvalue weighted by atomic mass is 16.2. The minimum absolute atomic E-state index is 0.100. The Hall–Kier alpha value is -1.85. The van der Waals surface area contributed by atoms with Gasteiger partial charge in [0.15, 0.2) is 0 Å². The van der Waals surface area contributed by atoms with Crippen LogP contribution in [0.4, 0.5) is 0 Å². The monoisotopic (exact) mass is 332 g/mol. The van der Waals surface area contributed by atoms with Gasteiger partial charge in [-0.05, 0) is 44.1 Å². The summed E-state index contributed by atoms with van der Waals surface area (Å²) in [7, 11) is 0. The van der Waals surface area contributed by atoms with Gasteiger partial charge in [0.1, 0.15) is 6.04 Å². The predicted octanol–water partition coefficient (Wildman–Crippen LogP) is 1.88. The van der Waals surface area contributed by atoms with E-state index in [9.17, 15) is 9.59 Å². The van der Waals surface area contributed by atoms with Gasteiger partial charge in [0.25, 0.3) is 0 Å². The van der Waals surface area contributed by atoms with Crippen LogP contribution in [0.1, 0.15) is 51.0 Å². The normalized spacial score (nSPS) is 22.8. The number of nitrogens with zero attached hydrogens (tertiary/aromatic N) is 3. The van der Waals surface area contributed by atoms with Crippen LogP contribution in [0, 0.1) is 12.8 Å². The van der Waals surface area contributed by atoms with E-state index in [2.05, 4.69) is 10.4 Å². The lowest BCUT2D eigenvalue weighted by molar-refractivity contribution is -0.138. The minimum atomic E-state index is -0.357. The van der Waals surface area contributed by atoms with Gasteiger partial charge < -0.3 is 10.2 Å². The Morgan fingerprint density at radius 2 is 2.04 bits per heavy atom. The van der Waals surface area contributed by atoms with Crippen LogP contribution in [0.25, 0.3) is 0 Å². The standard InChI is InChI=1S/C18H28N4O2/c1-13-10-19-21(11-13)12-16-8-5-9-22(16)18(24)17(20-14(2)23)15-6-3-4-7-15/h10-11,15-17H,3-9,12H2,1-2H3,(H,20,23)/t16-,17+/m1/s1. The molecule has 1 aromatic rings. The fraction of sp³-hybridized carbons (Fsp3) is 0.722. The Morgan fingerprint density at radius 1 is 1.29 bits per heavy atom. The Bertz CT molecular complexity index is 592. The van der Waals surface area contributed by atoms with Crippen molar-refractivity contribution in [2.45, 2.75) is 71.0 Å². The summed E-state index contributed by atoms with van der Waals surface area (Å²) < 4.78 is 1.93. The van der Waals surface area contributed by atoms with E-state index in [0.29, 0.717) is 0 Å². The van der Waals surface area contributed by atoms with Gasteiger partial charge in [-0.3, -0.25) is 14.3 Å². The maximum absolute atomic E-state index is 13.2. The summed E-state index contributed by atoms with van der Waals surface area (Å²) in [6, 6.07) is -0.181. The van der Waals surface area contributed by atoms with Crippen molar-refractivity contribution in [1.29, 1.82) is 0 Å². The van der Waals surface area contributed by atoms with Gasteiger partial charge in [-0.2, -0.15) is 5.10 Å². The molecule has 0 bridgehead atoms. The van der Waals surface area contributed by atoms with E-state index in [0.717, 1.165) is 57.2 Å². The van der Waals surface area contributed by atoms with Crippen LogP contribution in [0.2, 0.25) is 0 Å². The highest BCUT2D eigenvalue weighted by Crippen LogP contribution is 2.30. The second-order valence-electron chi connectivity index (χ2n) is 7.29. The number of hydrogen-bond donors (Lipinski definition) is 1. The third-order valence-corrected chi connectivity index (χ3v) is 5.32. The first-order valence-corrected chi connectivity index (χ1v) is 9.11. The van der Waals surface area contributed by atoms with Crippen molar-refractivity contribution in [2.24, 2.45) is 5.92 Å². The predicted molar refractivity (Wildman–Crippen MR) is 91.3 cm³/mol. The minimum Gasteiger partial charge on any atom is -0.344 e. The van der Waals surface area contributed by atoms with Crippen molar-refractivity contribution in [2.75, 3.05) is 6.54 Å². The second-order valence-corrected chi connectivity index (χ2v) is 7.29. The zero-order valence-corrected chi connectivity index (χ0v) is 14.7. The van der Waals surface area contributed by atoms with Crippen LogP contribution in [0.3, 0.4) is 0 Å². The summed E-state index contributed by atoms with van der Waals surface area (Å²) in [5.74, 6) is 0.275. The lowest BCUT2D eigenvalue weighted by Crippen LogP contribution is -2.53. The lowest BCUT2D eigenvalue weighted by atomic mass is 9.96. The van der Waals surface area contributed by atoms with Crippen molar-refractivity contribution in [3.8, 4) is 0 Å². The number of carbonyl (C=O) groups is 2.